The molecular weight excluding hydrogens is 307 g/mol. The Morgan fingerprint density at radius 3 is 2.21 bits per heavy atom. The van der Waals surface area contributed by atoms with E-state index in [0.717, 1.165) is 11.3 Å². The quantitative estimate of drug-likeness (QED) is 0.842. The minimum atomic E-state index is -0.386. The molecule has 0 saturated carbocycles. The van der Waals surface area contributed by atoms with Gasteiger partial charge >= 0.3 is 0 Å². The predicted octanol–water partition coefficient (Wildman–Crippen LogP) is 3.54. The van der Waals surface area contributed by atoms with Crippen LogP contribution in [0.4, 0.5) is 15.8 Å². The summed E-state index contributed by atoms with van der Waals surface area (Å²) in [5, 5.41) is 0. The second-order valence-electron chi connectivity index (χ2n) is 5.56. The van der Waals surface area contributed by atoms with Crippen molar-refractivity contribution in [2.75, 3.05) is 22.9 Å². The first-order valence-corrected chi connectivity index (χ1v) is 7.83. The van der Waals surface area contributed by atoms with Gasteiger partial charge in [-0.3, -0.25) is 9.59 Å². The summed E-state index contributed by atoms with van der Waals surface area (Å²) in [6.45, 7) is 5.64. The Morgan fingerprint density at radius 1 is 1.00 bits per heavy atom. The van der Waals surface area contributed by atoms with Crippen LogP contribution in [-0.4, -0.2) is 24.9 Å². The largest absolute Gasteiger partial charge is 0.311 e. The summed E-state index contributed by atoms with van der Waals surface area (Å²) in [5.74, 6) is -0.846. The summed E-state index contributed by atoms with van der Waals surface area (Å²) in [5.41, 5.74) is 2.35. The van der Waals surface area contributed by atoms with Crippen molar-refractivity contribution in [1.29, 1.82) is 0 Å². The van der Waals surface area contributed by atoms with E-state index in [1.165, 1.54) is 36.1 Å². The van der Waals surface area contributed by atoms with Crippen molar-refractivity contribution in [3.63, 3.8) is 0 Å². The van der Waals surface area contributed by atoms with E-state index in [9.17, 15) is 14.0 Å². The van der Waals surface area contributed by atoms with Gasteiger partial charge in [-0.05, 0) is 55.8 Å². The second-order valence-corrected chi connectivity index (χ2v) is 5.56. The van der Waals surface area contributed by atoms with Gasteiger partial charge < -0.3 is 9.80 Å². The van der Waals surface area contributed by atoms with Crippen molar-refractivity contribution >= 4 is 23.2 Å². The zero-order valence-electron chi connectivity index (χ0n) is 14.1. The standard InChI is InChI=1S/C19H21FN2O2/c1-4-21(18-7-5-6-14(2)12-18)19(24)13-22(15(3)23)17-10-8-16(20)9-11-17/h5-12H,4,13H2,1-3H3. The Morgan fingerprint density at radius 2 is 1.67 bits per heavy atom. The average Bonchev–Trinajstić information content (AvgIpc) is 2.54. The first kappa shape index (κ1) is 17.7. The molecule has 0 atom stereocenters. The number of benzene rings is 2. The third kappa shape index (κ3) is 4.19. The van der Waals surface area contributed by atoms with Gasteiger partial charge in [0.15, 0.2) is 0 Å². The SMILES string of the molecule is CCN(C(=O)CN(C(C)=O)c1ccc(F)cc1)c1cccc(C)c1. The minimum absolute atomic E-state index is 0.0945. The smallest absolute Gasteiger partial charge is 0.247 e. The fourth-order valence-electron chi connectivity index (χ4n) is 2.52. The molecule has 0 N–H and O–H groups in total. The maximum absolute atomic E-state index is 13.1. The number of carbonyl (C=O) groups is 2. The van der Waals surface area contributed by atoms with Gasteiger partial charge in [0.2, 0.25) is 11.8 Å². The zero-order chi connectivity index (χ0) is 17.7. The van der Waals surface area contributed by atoms with Gasteiger partial charge in [0.1, 0.15) is 12.4 Å². The summed E-state index contributed by atoms with van der Waals surface area (Å²) in [6, 6.07) is 13.2. The molecule has 4 nitrogen and oxygen atoms in total. The number of hydrogen-bond acceptors (Lipinski definition) is 2. The number of carbonyl (C=O) groups excluding carboxylic acids is 2. The van der Waals surface area contributed by atoms with Gasteiger partial charge in [-0.25, -0.2) is 4.39 Å². The van der Waals surface area contributed by atoms with Crippen molar-refractivity contribution < 1.29 is 14.0 Å². The molecule has 2 rings (SSSR count). The number of aryl methyl sites for hydroxylation is 1. The van der Waals surface area contributed by atoms with E-state index in [-0.39, 0.29) is 24.2 Å². The number of likely N-dealkylation sites (N-methyl/N-ethyl adjacent to an activating group) is 1. The molecule has 0 fully saturated rings. The van der Waals surface area contributed by atoms with Gasteiger partial charge in [-0.15, -0.1) is 0 Å². The number of nitrogens with zero attached hydrogens (tertiary/aromatic N) is 2. The lowest BCUT2D eigenvalue weighted by Gasteiger charge is -2.26. The first-order chi connectivity index (χ1) is 11.4. The second kappa shape index (κ2) is 7.73. The van der Waals surface area contributed by atoms with Crippen LogP contribution in [0.1, 0.15) is 19.4 Å². The fourth-order valence-corrected chi connectivity index (χ4v) is 2.52. The van der Waals surface area contributed by atoms with Gasteiger partial charge in [-0.1, -0.05) is 12.1 Å². The minimum Gasteiger partial charge on any atom is -0.311 e. The predicted molar refractivity (Wildman–Crippen MR) is 93.6 cm³/mol. The molecule has 0 unspecified atom stereocenters. The van der Waals surface area contributed by atoms with Crippen LogP contribution in [0, 0.1) is 12.7 Å². The van der Waals surface area contributed by atoms with Crippen molar-refractivity contribution in [2.45, 2.75) is 20.8 Å². The highest BCUT2D eigenvalue weighted by atomic mass is 19.1. The molecule has 5 heteroatoms. The van der Waals surface area contributed by atoms with E-state index in [1.54, 1.807) is 4.90 Å². The number of halogens is 1. The van der Waals surface area contributed by atoms with E-state index in [1.807, 2.05) is 38.1 Å². The molecule has 0 spiro atoms. The Bertz CT molecular complexity index is 728. The van der Waals surface area contributed by atoms with E-state index in [2.05, 4.69) is 0 Å². The van der Waals surface area contributed by atoms with Crippen molar-refractivity contribution in [3.05, 3.63) is 59.9 Å². The normalized spacial score (nSPS) is 10.3. The molecule has 2 aromatic rings. The monoisotopic (exact) mass is 328 g/mol. The molecule has 0 aliphatic heterocycles. The summed E-state index contributed by atoms with van der Waals surface area (Å²) in [6.07, 6.45) is 0. The summed E-state index contributed by atoms with van der Waals surface area (Å²) in [7, 11) is 0. The van der Waals surface area contributed by atoms with Crippen LogP contribution < -0.4 is 9.80 Å². The van der Waals surface area contributed by atoms with Crippen LogP contribution in [-0.2, 0) is 9.59 Å². The molecule has 0 heterocycles. The third-order valence-electron chi connectivity index (χ3n) is 3.74. The maximum Gasteiger partial charge on any atom is 0.247 e. The molecule has 24 heavy (non-hydrogen) atoms. The molecule has 2 amide bonds. The van der Waals surface area contributed by atoms with Crippen molar-refractivity contribution in [1.82, 2.24) is 0 Å². The molecule has 0 aliphatic rings. The number of anilines is 2. The molecule has 126 valence electrons. The van der Waals surface area contributed by atoms with Crippen LogP contribution in [0.5, 0.6) is 0 Å². The van der Waals surface area contributed by atoms with Crippen LogP contribution >= 0.6 is 0 Å². The van der Waals surface area contributed by atoms with Crippen molar-refractivity contribution in [3.8, 4) is 0 Å². The fraction of sp³-hybridized carbons (Fsp3) is 0.263. The van der Waals surface area contributed by atoms with Crippen molar-refractivity contribution in [2.24, 2.45) is 0 Å². The first-order valence-electron chi connectivity index (χ1n) is 7.83. The van der Waals surface area contributed by atoms with E-state index in [4.69, 9.17) is 0 Å². The summed E-state index contributed by atoms with van der Waals surface area (Å²) >= 11 is 0. The molecule has 0 aliphatic carbocycles. The Kier molecular flexibility index (Phi) is 5.68. The molecule has 2 aromatic carbocycles. The van der Waals surface area contributed by atoms with Gasteiger partial charge in [0.25, 0.3) is 0 Å². The Balaban J connectivity index is 2.23. The highest BCUT2D eigenvalue weighted by Crippen LogP contribution is 2.19. The molecule has 0 radical (unpaired) electrons. The Hall–Kier alpha value is -2.69. The molecule has 0 aromatic heterocycles. The van der Waals surface area contributed by atoms with Crippen LogP contribution in [0.3, 0.4) is 0 Å². The highest BCUT2D eigenvalue weighted by molar-refractivity contribution is 6.03. The molecule has 0 saturated heterocycles. The Labute approximate surface area is 141 Å². The number of hydrogen-bond donors (Lipinski definition) is 0. The summed E-state index contributed by atoms with van der Waals surface area (Å²) in [4.78, 5) is 27.6. The van der Waals surface area contributed by atoms with Crippen LogP contribution in [0.2, 0.25) is 0 Å². The lowest BCUT2D eigenvalue weighted by atomic mass is 10.2. The maximum atomic E-state index is 13.1. The lowest BCUT2D eigenvalue weighted by molar-refractivity contribution is -0.121. The van der Waals surface area contributed by atoms with E-state index < -0.39 is 0 Å². The zero-order valence-corrected chi connectivity index (χ0v) is 14.1. The number of amides is 2. The van der Waals surface area contributed by atoms with Gasteiger partial charge in [-0.2, -0.15) is 0 Å². The topological polar surface area (TPSA) is 40.6 Å². The summed E-state index contributed by atoms with van der Waals surface area (Å²) < 4.78 is 13.1. The molecule has 0 bridgehead atoms. The average molecular weight is 328 g/mol. The van der Waals surface area contributed by atoms with Crippen LogP contribution in [0.15, 0.2) is 48.5 Å². The molecular formula is C19H21FN2O2. The number of rotatable bonds is 5. The van der Waals surface area contributed by atoms with Gasteiger partial charge in [0.05, 0.1) is 0 Å². The van der Waals surface area contributed by atoms with E-state index in [0.29, 0.717) is 12.2 Å². The van der Waals surface area contributed by atoms with Crippen LogP contribution in [0.25, 0.3) is 0 Å². The third-order valence-corrected chi connectivity index (χ3v) is 3.74. The van der Waals surface area contributed by atoms with E-state index >= 15 is 0 Å². The highest BCUT2D eigenvalue weighted by Gasteiger charge is 2.20. The lowest BCUT2D eigenvalue weighted by Crippen LogP contribution is -2.42. The van der Waals surface area contributed by atoms with Gasteiger partial charge in [0, 0.05) is 24.8 Å².